The van der Waals surface area contributed by atoms with Crippen molar-refractivity contribution in [1.29, 1.82) is 0 Å². The van der Waals surface area contributed by atoms with Crippen molar-refractivity contribution in [3.05, 3.63) is 34.4 Å². The molecule has 0 radical (unpaired) electrons. The van der Waals surface area contributed by atoms with Gasteiger partial charge < -0.3 is 5.11 Å². The van der Waals surface area contributed by atoms with Crippen LogP contribution in [0.1, 0.15) is 67.4 Å². The van der Waals surface area contributed by atoms with Gasteiger partial charge in [-0.25, -0.2) is 0 Å². The van der Waals surface area contributed by atoms with Gasteiger partial charge in [0.2, 0.25) is 0 Å². The smallest absolute Gasteiger partial charge is 0.0825 e. The molecule has 0 heterocycles. The summed E-state index contributed by atoms with van der Waals surface area (Å²) in [6.07, 6.45) is 6.03. The number of benzene rings is 1. The number of aliphatic hydroxyl groups is 1. The highest BCUT2D eigenvalue weighted by molar-refractivity contribution is 5.39. The Labute approximate surface area is 118 Å². The van der Waals surface area contributed by atoms with Gasteiger partial charge in [0.15, 0.2) is 0 Å². The van der Waals surface area contributed by atoms with Gasteiger partial charge in [-0.05, 0) is 55.7 Å². The summed E-state index contributed by atoms with van der Waals surface area (Å²) in [6, 6.07) is 4.41. The first-order valence-corrected chi connectivity index (χ1v) is 7.80. The molecule has 3 atom stereocenters. The summed E-state index contributed by atoms with van der Waals surface area (Å²) in [7, 11) is 0. The van der Waals surface area contributed by atoms with Crippen molar-refractivity contribution in [2.45, 2.75) is 65.9 Å². The van der Waals surface area contributed by atoms with Crippen molar-refractivity contribution >= 4 is 0 Å². The minimum Gasteiger partial charge on any atom is -0.388 e. The Morgan fingerprint density at radius 1 is 1.11 bits per heavy atom. The molecule has 1 saturated carbocycles. The van der Waals surface area contributed by atoms with Crippen LogP contribution in [-0.4, -0.2) is 5.11 Å². The Hall–Kier alpha value is -0.820. The zero-order valence-corrected chi connectivity index (χ0v) is 12.9. The molecular formula is C18H28O. The number of aryl methyl sites for hydroxylation is 3. The van der Waals surface area contributed by atoms with Crippen LogP contribution in [0.3, 0.4) is 0 Å². The number of hydrogen-bond acceptors (Lipinski definition) is 1. The molecule has 1 aliphatic rings. The molecule has 1 heteroatoms. The highest BCUT2D eigenvalue weighted by Crippen LogP contribution is 2.41. The third kappa shape index (κ3) is 3.02. The zero-order valence-electron chi connectivity index (χ0n) is 12.9. The average Bonchev–Trinajstić information content (AvgIpc) is 2.37. The number of hydrogen-bond donors (Lipinski definition) is 1. The molecule has 0 amide bonds. The average molecular weight is 260 g/mol. The summed E-state index contributed by atoms with van der Waals surface area (Å²) in [5, 5.41) is 10.9. The molecule has 19 heavy (non-hydrogen) atoms. The van der Waals surface area contributed by atoms with Gasteiger partial charge in [0.1, 0.15) is 0 Å². The lowest BCUT2D eigenvalue weighted by Crippen LogP contribution is -2.26. The Morgan fingerprint density at radius 2 is 1.68 bits per heavy atom. The van der Waals surface area contributed by atoms with E-state index in [4.69, 9.17) is 0 Å². The highest BCUT2D eigenvalue weighted by atomic mass is 16.3. The van der Waals surface area contributed by atoms with Crippen LogP contribution >= 0.6 is 0 Å². The summed E-state index contributed by atoms with van der Waals surface area (Å²) in [5.41, 5.74) is 4.99. The van der Waals surface area contributed by atoms with E-state index < -0.39 is 0 Å². The quantitative estimate of drug-likeness (QED) is 0.822. The van der Waals surface area contributed by atoms with Crippen LogP contribution in [0, 0.1) is 32.6 Å². The normalized spacial score (nSPS) is 25.3. The van der Waals surface area contributed by atoms with Gasteiger partial charge in [-0.15, -0.1) is 0 Å². The van der Waals surface area contributed by atoms with Crippen molar-refractivity contribution in [2.75, 3.05) is 0 Å². The van der Waals surface area contributed by atoms with Crippen LogP contribution < -0.4 is 0 Å². The maximum atomic E-state index is 10.9. The maximum Gasteiger partial charge on any atom is 0.0825 e. The third-order valence-corrected chi connectivity index (χ3v) is 4.93. The molecule has 0 saturated heterocycles. The predicted octanol–water partition coefficient (Wildman–Crippen LogP) is 4.86. The number of rotatable bonds is 3. The maximum absolute atomic E-state index is 10.9. The summed E-state index contributed by atoms with van der Waals surface area (Å²) in [5.74, 6) is 1.16. The van der Waals surface area contributed by atoms with Gasteiger partial charge in [-0.3, -0.25) is 0 Å². The topological polar surface area (TPSA) is 20.2 Å². The Kier molecular flexibility index (Phi) is 4.67. The number of aliphatic hydroxyl groups excluding tert-OH is 1. The first kappa shape index (κ1) is 14.6. The highest BCUT2D eigenvalue weighted by Gasteiger charge is 2.31. The lowest BCUT2D eigenvalue weighted by Gasteiger charge is -2.35. The second-order valence-electron chi connectivity index (χ2n) is 6.37. The van der Waals surface area contributed by atoms with Crippen LogP contribution in [0.5, 0.6) is 0 Å². The van der Waals surface area contributed by atoms with E-state index in [2.05, 4.69) is 39.8 Å². The Balaban J connectivity index is 2.30. The van der Waals surface area contributed by atoms with Gasteiger partial charge in [0.25, 0.3) is 0 Å². The van der Waals surface area contributed by atoms with Gasteiger partial charge in [-0.2, -0.15) is 0 Å². The van der Waals surface area contributed by atoms with Gasteiger partial charge >= 0.3 is 0 Å². The first-order chi connectivity index (χ1) is 9.04. The van der Waals surface area contributed by atoms with Crippen LogP contribution in [0.15, 0.2) is 12.1 Å². The molecule has 106 valence electrons. The molecule has 2 rings (SSSR count). The molecule has 0 aromatic heterocycles. The van der Waals surface area contributed by atoms with E-state index in [1.165, 1.54) is 54.4 Å². The van der Waals surface area contributed by atoms with E-state index in [-0.39, 0.29) is 6.10 Å². The molecule has 1 aromatic carbocycles. The Bertz CT molecular complexity index is 412. The van der Waals surface area contributed by atoms with E-state index in [1.807, 2.05) is 0 Å². The van der Waals surface area contributed by atoms with E-state index in [9.17, 15) is 5.11 Å². The molecule has 0 spiro atoms. The fraction of sp³-hybridized carbons (Fsp3) is 0.667. The molecule has 1 aromatic rings. The molecule has 3 unspecified atom stereocenters. The Morgan fingerprint density at radius 3 is 2.26 bits per heavy atom. The van der Waals surface area contributed by atoms with Crippen LogP contribution in [0.2, 0.25) is 0 Å². The molecular weight excluding hydrogens is 232 g/mol. The molecule has 0 bridgehead atoms. The third-order valence-electron chi connectivity index (χ3n) is 4.93. The van der Waals surface area contributed by atoms with Crippen molar-refractivity contribution in [2.24, 2.45) is 11.8 Å². The van der Waals surface area contributed by atoms with Crippen molar-refractivity contribution < 1.29 is 5.11 Å². The fourth-order valence-corrected chi connectivity index (χ4v) is 4.03. The fourth-order valence-electron chi connectivity index (χ4n) is 4.03. The van der Waals surface area contributed by atoms with E-state index in [1.54, 1.807) is 0 Å². The van der Waals surface area contributed by atoms with E-state index in [0.717, 1.165) is 0 Å². The van der Waals surface area contributed by atoms with Crippen molar-refractivity contribution in [3.63, 3.8) is 0 Å². The van der Waals surface area contributed by atoms with E-state index >= 15 is 0 Å². The first-order valence-electron chi connectivity index (χ1n) is 7.80. The predicted molar refractivity (Wildman–Crippen MR) is 81.4 cm³/mol. The molecule has 1 fully saturated rings. The minimum atomic E-state index is -0.272. The summed E-state index contributed by atoms with van der Waals surface area (Å²) >= 11 is 0. The van der Waals surface area contributed by atoms with Crippen molar-refractivity contribution in [3.8, 4) is 0 Å². The van der Waals surface area contributed by atoms with E-state index in [0.29, 0.717) is 11.8 Å². The van der Waals surface area contributed by atoms with Crippen LogP contribution in [0.25, 0.3) is 0 Å². The molecule has 1 N–H and O–H groups in total. The summed E-state index contributed by atoms with van der Waals surface area (Å²) in [4.78, 5) is 0. The minimum absolute atomic E-state index is 0.272. The van der Waals surface area contributed by atoms with Crippen LogP contribution in [-0.2, 0) is 0 Å². The van der Waals surface area contributed by atoms with Crippen molar-refractivity contribution in [1.82, 2.24) is 0 Å². The monoisotopic (exact) mass is 260 g/mol. The molecule has 0 aliphatic heterocycles. The SMILES string of the molecule is CCC1CCCCC1C(O)c1c(C)cc(C)cc1C. The second kappa shape index (κ2) is 6.09. The zero-order chi connectivity index (χ0) is 14.0. The van der Waals surface area contributed by atoms with Crippen LogP contribution in [0.4, 0.5) is 0 Å². The van der Waals surface area contributed by atoms with Gasteiger partial charge in [0.05, 0.1) is 6.10 Å². The largest absolute Gasteiger partial charge is 0.388 e. The molecule has 1 aliphatic carbocycles. The summed E-state index contributed by atoms with van der Waals surface area (Å²) < 4.78 is 0. The standard InChI is InChI=1S/C18H28O/c1-5-15-8-6-7-9-16(15)18(19)17-13(3)10-12(2)11-14(17)4/h10-11,15-16,18-19H,5-9H2,1-4H3. The second-order valence-corrected chi connectivity index (χ2v) is 6.37. The summed E-state index contributed by atoms with van der Waals surface area (Å²) in [6.45, 7) is 8.68. The van der Waals surface area contributed by atoms with Gasteiger partial charge in [-0.1, -0.05) is 50.3 Å². The lowest BCUT2D eigenvalue weighted by atomic mass is 9.72. The molecule has 1 nitrogen and oxygen atoms in total. The van der Waals surface area contributed by atoms with Gasteiger partial charge in [0, 0.05) is 0 Å². The lowest BCUT2D eigenvalue weighted by molar-refractivity contribution is 0.0443.